The maximum Gasteiger partial charge on any atom is 0.0410 e. The molecule has 18 heavy (non-hydrogen) atoms. The molecule has 2 rings (SSSR count). The van der Waals surface area contributed by atoms with Gasteiger partial charge in [-0.2, -0.15) is 0 Å². The molecule has 0 aliphatic heterocycles. The number of aromatic nitrogens is 1. The predicted octanol–water partition coefficient (Wildman–Crippen LogP) is 4.46. The fourth-order valence-corrected chi connectivity index (χ4v) is 2.55. The Labute approximate surface area is 124 Å². The number of rotatable bonds is 4. The first kappa shape index (κ1) is 13.7. The van der Waals surface area contributed by atoms with Crippen molar-refractivity contribution in [3.05, 3.63) is 62.8 Å². The zero-order valence-electron chi connectivity index (χ0n) is 10.0. The van der Waals surface area contributed by atoms with Gasteiger partial charge in [-0.3, -0.25) is 4.98 Å². The molecule has 2 nitrogen and oxygen atoms in total. The fraction of sp³-hybridized carbons (Fsp3) is 0.214. The van der Waals surface area contributed by atoms with Crippen LogP contribution in [0.3, 0.4) is 0 Å². The van der Waals surface area contributed by atoms with Crippen LogP contribution < -0.4 is 5.32 Å². The SMILES string of the molecule is CC(NCc1cncc(Br)c1)c1cccc(Br)c1. The highest BCUT2D eigenvalue weighted by Crippen LogP contribution is 2.18. The maximum atomic E-state index is 4.15. The van der Waals surface area contributed by atoms with Gasteiger partial charge in [0, 0.05) is 33.9 Å². The van der Waals surface area contributed by atoms with E-state index in [2.05, 4.69) is 73.3 Å². The van der Waals surface area contributed by atoms with Gasteiger partial charge in [0.15, 0.2) is 0 Å². The van der Waals surface area contributed by atoms with Crippen LogP contribution in [-0.2, 0) is 6.54 Å². The monoisotopic (exact) mass is 368 g/mol. The predicted molar refractivity (Wildman–Crippen MR) is 81.3 cm³/mol. The minimum atomic E-state index is 0.307. The van der Waals surface area contributed by atoms with Gasteiger partial charge in [0.1, 0.15) is 0 Å². The van der Waals surface area contributed by atoms with Crippen LogP contribution in [0.15, 0.2) is 51.7 Å². The molecule has 0 saturated carbocycles. The Kier molecular flexibility index (Phi) is 4.92. The number of halogens is 2. The van der Waals surface area contributed by atoms with Gasteiger partial charge in [-0.05, 0) is 52.2 Å². The summed E-state index contributed by atoms with van der Waals surface area (Å²) in [6.45, 7) is 2.97. The zero-order valence-corrected chi connectivity index (χ0v) is 13.2. The summed E-state index contributed by atoms with van der Waals surface area (Å²) >= 11 is 6.92. The van der Waals surface area contributed by atoms with Crippen molar-refractivity contribution < 1.29 is 0 Å². The Morgan fingerprint density at radius 3 is 2.72 bits per heavy atom. The van der Waals surface area contributed by atoms with Crippen LogP contribution >= 0.6 is 31.9 Å². The quantitative estimate of drug-likeness (QED) is 0.860. The number of nitrogens with one attached hydrogen (secondary N) is 1. The summed E-state index contributed by atoms with van der Waals surface area (Å²) in [5.74, 6) is 0. The van der Waals surface area contributed by atoms with Crippen molar-refractivity contribution in [3.63, 3.8) is 0 Å². The topological polar surface area (TPSA) is 24.9 Å². The average Bonchev–Trinajstić information content (AvgIpc) is 2.36. The van der Waals surface area contributed by atoms with Gasteiger partial charge in [0.05, 0.1) is 0 Å². The van der Waals surface area contributed by atoms with Gasteiger partial charge >= 0.3 is 0 Å². The van der Waals surface area contributed by atoms with Crippen molar-refractivity contribution in [3.8, 4) is 0 Å². The molecule has 0 radical (unpaired) electrons. The van der Waals surface area contributed by atoms with Crippen LogP contribution in [0.5, 0.6) is 0 Å². The maximum absolute atomic E-state index is 4.15. The van der Waals surface area contributed by atoms with Gasteiger partial charge in [0.25, 0.3) is 0 Å². The van der Waals surface area contributed by atoms with Crippen LogP contribution in [0.4, 0.5) is 0 Å². The van der Waals surface area contributed by atoms with Crippen molar-refractivity contribution in [2.24, 2.45) is 0 Å². The normalized spacial score (nSPS) is 12.4. The van der Waals surface area contributed by atoms with Crippen LogP contribution in [0.25, 0.3) is 0 Å². The van der Waals surface area contributed by atoms with Crippen molar-refractivity contribution in [2.45, 2.75) is 19.5 Å². The van der Waals surface area contributed by atoms with E-state index in [1.54, 1.807) is 6.20 Å². The molecule has 0 aliphatic carbocycles. The first-order valence-electron chi connectivity index (χ1n) is 5.73. The van der Waals surface area contributed by atoms with Crippen molar-refractivity contribution in [2.75, 3.05) is 0 Å². The second-order valence-corrected chi connectivity index (χ2v) is 6.00. The Morgan fingerprint density at radius 1 is 1.17 bits per heavy atom. The molecule has 0 aliphatic rings. The summed E-state index contributed by atoms with van der Waals surface area (Å²) in [4.78, 5) is 4.15. The van der Waals surface area contributed by atoms with Crippen LogP contribution in [0.2, 0.25) is 0 Å². The van der Waals surface area contributed by atoms with Gasteiger partial charge < -0.3 is 5.32 Å². The van der Waals surface area contributed by atoms with E-state index in [0.717, 1.165) is 15.5 Å². The lowest BCUT2D eigenvalue weighted by Gasteiger charge is -2.14. The van der Waals surface area contributed by atoms with E-state index in [1.807, 2.05) is 12.3 Å². The summed E-state index contributed by atoms with van der Waals surface area (Å²) < 4.78 is 2.12. The second kappa shape index (κ2) is 6.45. The van der Waals surface area contributed by atoms with E-state index in [9.17, 15) is 0 Å². The molecule has 0 bridgehead atoms. The van der Waals surface area contributed by atoms with Gasteiger partial charge in [0.2, 0.25) is 0 Å². The van der Waals surface area contributed by atoms with E-state index >= 15 is 0 Å². The van der Waals surface area contributed by atoms with Crippen molar-refractivity contribution in [1.82, 2.24) is 10.3 Å². The lowest BCUT2D eigenvalue weighted by molar-refractivity contribution is 0.573. The molecule has 1 aromatic carbocycles. The second-order valence-electron chi connectivity index (χ2n) is 4.17. The van der Waals surface area contributed by atoms with E-state index in [0.29, 0.717) is 6.04 Å². The molecule has 0 fully saturated rings. The molecule has 2 aromatic rings. The third-order valence-corrected chi connectivity index (χ3v) is 3.65. The largest absolute Gasteiger partial charge is 0.306 e. The number of hydrogen-bond donors (Lipinski definition) is 1. The Balaban J connectivity index is 1.98. The summed E-state index contributed by atoms with van der Waals surface area (Å²) in [5, 5.41) is 3.49. The highest BCUT2D eigenvalue weighted by Gasteiger charge is 2.05. The Bertz CT molecular complexity index is 529. The Morgan fingerprint density at radius 2 is 2.00 bits per heavy atom. The summed E-state index contributed by atoms with van der Waals surface area (Å²) in [6.07, 6.45) is 3.67. The van der Waals surface area contributed by atoms with Gasteiger partial charge in [-0.1, -0.05) is 28.1 Å². The number of nitrogens with zero attached hydrogens (tertiary/aromatic N) is 1. The smallest absolute Gasteiger partial charge is 0.0410 e. The molecule has 4 heteroatoms. The van der Waals surface area contributed by atoms with Gasteiger partial charge in [-0.15, -0.1) is 0 Å². The third kappa shape index (κ3) is 3.90. The number of benzene rings is 1. The third-order valence-electron chi connectivity index (χ3n) is 2.72. The molecule has 1 unspecified atom stereocenters. The standard InChI is InChI=1S/C14H14Br2N2/c1-10(12-3-2-4-13(15)6-12)18-8-11-5-14(16)9-17-7-11/h2-7,9-10,18H,8H2,1H3. The molecule has 0 saturated heterocycles. The van der Waals surface area contributed by atoms with E-state index < -0.39 is 0 Å². The molecule has 1 aromatic heterocycles. The minimum absolute atomic E-state index is 0.307. The van der Waals surface area contributed by atoms with E-state index in [4.69, 9.17) is 0 Å². The van der Waals surface area contributed by atoms with E-state index in [1.165, 1.54) is 11.1 Å². The Hall–Kier alpha value is -0.710. The molecule has 94 valence electrons. The van der Waals surface area contributed by atoms with Gasteiger partial charge in [-0.25, -0.2) is 0 Å². The summed E-state index contributed by atoms with van der Waals surface area (Å²) in [6, 6.07) is 10.7. The minimum Gasteiger partial charge on any atom is -0.306 e. The first-order valence-corrected chi connectivity index (χ1v) is 7.32. The molecule has 0 amide bonds. The zero-order chi connectivity index (χ0) is 13.0. The average molecular weight is 370 g/mol. The highest BCUT2D eigenvalue weighted by molar-refractivity contribution is 9.10. The summed E-state index contributed by atoms with van der Waals surface area (Å²) in [7, 11) is 0. The molecule has 1 N–H and O–H groups in total. The number of pyridine rings is 1. The molecular formula is C14H14Br2N2. The number of hydrogen-bond acceptors (Lipinski definition) is 2. The molecule has 1 heterocycles. The molecular weight excluding hydrogens is 356 g/mol. The van der Waals surface area contributed by atoms with E-state index in [-0.39, 0.29) is 0 Å². The lowest BCUT2D eigenvalue weighted by atomic mass is 10.1. The lowest BCUT2D eigenvalue weighted by Crippen LogP contribution is -2.18. The van der Waals surface area contributed by atoms with Crippen molar-refractivity contribution in [1.29, 1.82) is 0 Å². The highest BCUT2D eigenvalue weighted by atomic mass is 79.9. The van der Waals surface area contributed by atoms with Crippen LogP contribution in [0, 0.1) is 0 Å². The molecule has 0 spiro atoms. The molecule has 1 atom stereocenters. The summed E-state index contributed by atoms with van der Waals surface area (Å²) in [5.41, 5.74) is 2.44. The first-order chi connectivity index (χ1) is 8.65. The van der Waals surface area contributed by atoms with Crippen molar-refractivity contribution >= 4 is 31.9 Å². The van der Waals surface area contributed by atoms with Crippen LogP contribution in [-0.4, -0.2) is 4.98 Å². The fourth-order valence-electron chi connectivity index (χ4n) is 1.72. The van der Waals surface area contributed by atoms with Crippen LogP contribution in [0.1, 0.15) is 24.1 Å².